The number of hydrogen-bond acceptors (Lipinski definition) is 4. The summed E-state index contributed by atoms with van der Waals surface area (Å²) in [6, 6.07) is 12.9. The van der Waals surface area contributed by atoms with Gasteiger partial charge in [0.25, 0.3) is 0 Å². The number of benzene rings is 2. The van der Waals surface area contributed by atoms with Crippen molar-refractivity contribution in [3.05, 3.63) is 53.1 Å². The fraction of sp³-hybridized carbons (Fsp3) is 0.464. The average molecular weight is 459 g/mol. The Labute approximate surface area is 200 Å². The highest BCUT2D eigenvalue weighted by molar-refractivity contribution is 6.00. The molecule has 0 spiro atoms. The minimum atomic E-state index is -0.860. The molecule has 3 aliphatic rings. The highest BCUT2D eigenvalue weighted by Crippen LogP contribution is 2.50. The van der Waals surface area contributed by atoms with Crippen LogP contribution in [0.4, 0.5) is 5.69 Å². The summed E-state index contributed by atoms with van der Waals surface area (Å²) in [5.41, 5.74) is 14.1. The number of aromatic nitrogens is 1. The number of nitrogens with two attached hydrogens (primary N) is 1. The van der Waals surface area contributed by atoms with Gasteiger partial charge >= 0.3 is 5.97 Å². The molecule has 4 N–H and O–H groups in total. The molecular formula is C28H34N4O2. The Morgan fingerprint density at radius 1 is 1.06 bits per heavy atom. The molecule has 6 nitrogen and oxygen atoms in total. The molecule has 1 aliphatic carbocycles. The molecule has 34 heavy (non-hydrogen) atoms. The highest BCUT2D eigenvalue weighted by Gasteiger charge is 2.34. The molecule has 0 amide bonds. The second kappa shape index (κ2) is 8.75. The van der Waals surface area contributed by atoms with Gasteiger partial charge in [-0.3, -0.25) is 0 Å². The van der Waals surface area contributed by atoms with E-state index in [0.717, 1.165) is 38.1 Å². The third-order valence-corrected chi connectivity index (χ3v) is 8.19. The lowest BCUT2D eigenvalue weighted by atomic mass is 9.81. The molecule has 1 aromatic heterocycles. The Balaban J connectivity index is 1.61. The van der Waals surface area contributed by atoms with Crippen molar-refractivity contribution in [2.75, 3.05) is 31.1 Å². The third-order valence-electron chi connectivity index (χ3n) is 8.19. The average Bonchev–Trinajstić information content (AvgIpc) is 3.10. The maximum absolute atomic E-state index is 11.8. The number of anilines is 1. The monoisotopic (exact) mass is 458 g/mol. The van der Waals surface area contributed by atoms with Gasteiger partial charge in [-0.25, -0.2) is 4.79 Å². The summed E-state index contributed by atoms with van der Waals surface area (Å²) in [5.74, 6) is -0.332. The number of carboxylic acid groups (broad SMARTS) is 1. The Kier molecular flexibility index (Phi) is 5.58. The molecule has 1 fully saturated rings. The van der Waals surface area contributed by atoms with E-state index in [-0.39, 0.29) is 0 Å². The Hall–Kier alpha value is -2.83. The van der Waals surface area contributed by atoms with Gasteiger partial charge in [0.2, 0.25) is 0 Å². The van der Waals surface area contributed by atoms with Gasteiger partial charge in [0.15, 0.2) is 0 Å². The fourth-order valence-electron chi connectivity index (χ4n) is 6.69. The van der Waals surface area contributed by atoms with E-state index in [1.165, 1.54) is 65.6 Å². The maximum Gasteiger partial charge on any atom is 0.335 e. The lowest BCUT2D eigenvalue weighted by Crippen LogP contribution is -2.38. The second-order valence-electron chi connectivity index (χ2n) is 10.1. The quantitative estimate of drug-likeness (QED) is 0.508. The summed E-state index contributed by atoms with van der Waals surface area (Å²) in [6.45, 7) is 4.29. The molecule has 1 saturated carbocycles. The Morgan fingerprint density at radius 3 is 2.71 bits per heavy atom. The van der Waals surface area contributed by atoms with E-state index in [9.17, 15) is 9.90 Å². The number of carboxylic acids is 1. The van der Waals surface area contributed by atoms with Gasteiger partial charge in [-0.2, -0.15) is 0 Å². The smallest absolute Gasteiger partial charge is 0.335 e. The number of nitrogens with zero attached hydrogens (tertiary/aromatic N) is 2. The van der Waals surface area contributed by atoms with Gasteiger partial charge in [0.1, 0.15) is 0 Å². The van der Waals surface area contributed by atoms with E-state index in [2.05, 4.69) is 39.0 Å². The molecule has 6 heteroatoms. The van der Waals surface area contributed by atoms with Crippen molar-refractivity contribution in [1.29, 1.82) is 0 Å². The number of fused-ring (bicyclic) bond motifs is 4. The van der Waals surface area contributed by atoms with Crippen molar-refractivity contribution >= 4 is 22.6 Å². The predicted octanol–water partition coefficient (Wildman–Crippen LogP) is 4.87. The number of para-hydroxylation sites is 1. The van der Waals surface area contributed by atoms with E-state index in [4.69, 9.17) is 5.73 Å². The summed E-state index contributed by atoms with van der Waals surface area (Å²) in [6.07, 6.45) is 7.36. The molecule has 1 atom stereocenters. The van der Waals surface area contributed by atoms with Gasteiger partial charge in [-0.1, -0.05) is 43.5 Å². The lowest BCUT2D eigenvalue weighted by molar-refractivity contribution is 0.0697. The van der Waals surface area contributed by atoms with Crippen LogP contribution in [0.25, 0.3) is 22.2 Å². The molecule has 2 aromatic carbocycles. The second-order valence-corrected chi connectivity index (χ2v) is 10.1. The molecule has 1 unspecified atom stereocenters. The SMILES string of the molecule is NCCNC1CCN2CCn3c(c(C4CCCCC4)c4ccc(C(=O)O)cc43)-c3cccc1c32. The molecular weight excluding hydrogens is 424 g/mol. The molecule has 0 saturated heterocycles. The van der Waals surface area contributed by atoms with Crippen molar-refractivity contribution < 1.29 is 9.90 Å². The van der Waals surface area contributed by atoms with Gasteiger partial charge in [-0.15, -0.1) is 0 Å². The van der Waals surface area contributed by atoms with Crippen molar-refractivity contribution in [2.45, 2.75) is 57.0 Å². The van der Waals surface area contributed by atoms with Crippen molar-refractivity contribution in [3.63, 3.8) is 0 Å². The van der Waals surface area contributed by atoms with Crippen LogP contribution < -0.4 is 16.0 Å². The minimum Gasteiger partial charge on any atom is -0.478 e. The van der Waals surface area contributed by atoms with E-state index in [0.29, 0.717) is 24.1 Å². The summed E-state index contributed by atoms with van der Waals surface area (Å²) in [5, 5.41) is 14.6. The van der Waals surface area contributed by atoms with E-state index in [1.54, 1.807) is 6.07 Å². The van der Waals surface area contributed by atoms with Crippen molar-refractivity contribution in [1.82, 2.24) is 9.88 Å². The maximum atomic E-state index is 11.8. The van der Waals surface area contributed by atoms with Crippen LogP contribution in [0.15, 0.2) is 36.4 Å². The number of nitrogens with one attached hydrogen (secondary N) is 1. The molecule has 178 valence electrons. The third kappa shape index (κ3) is 3.43. The summed E-state index contributed by atoms with van der Waals surface area (Å²) in [7, 11) is 0. The van der Waals surface area contributed by atoms with Crippen LogP contribution in [-0.4, -0.2) is 41.8 Å². The molecule has 6 rings (SSSR count). The molecule has 2 aliphatic heterocycles. The van der Waals surface area contributed by atoms with Crippen LogP contribution in [0.3, 0.4) is 0 Å². The number of aromatic carboxylic acids is 1. The zero-order valence-electron chi connectivity index (χ0n) is 19.7. The van der Waals surface area contributed by atoms with Crippen molar-refractivity contribution in [3.8, 4) is 11.3 Å². The summed E-state index contributed by atoms with van der Waals surface area (Å²) in [4.78, 5) is 14.4. The first-order valence-corrected chi connectivity index (χ1v) is 12.9. The zero-order valence-corrected chi connectivity index (χ0v) is 19.7. The fourth-order valence-corrected chi connectivity index (χ4v) is 6.69. The van der Waals surface area contributed by atoms with Crippen LogP contribution in [-0.2, 0) is 6.54 Å². The highest BCUT2D eigenvalue weighted by atomic mass is 16.4. The van der Waals surface area contributed by atoms with Crippen LogP contribution in [0.5, 0.6) is 0 Å². The normalized spacial score (nSPS) is 20.1. The Morgan fingerprint density at radius 2 is 1.91 bits per heavy atom. The van der Waals surface area contributed by atoms with Gasteiger partial charge < -0.3 is 25.6 Å². The zero-order chi connectivity index (χ0) is 23.2. The van der Waals surface area contributed by atoms with Crippen LogP contribution in [0, 0.1) is 0 Å². The van der Waals surface area contributed by atoms with Gasteiger partial charge in [0, 0.05) is 55.2 Å². The van der Waals surface area contributed by atoms with Gasteiger partial charge in [0.05, 0.1) is 16.9 Å². The standard InChI is InChI=1S/C28H34N4O2/c29-12-13-30-23-11-14-31-15-16-32-24-17-19(28(33)34)9-10-21(24)25(18-5-2-1-3-6-18)27(32)22-8-4-7-20(23)26(22)31/h4,7-10,17-18,23,30H,1-3,5-6,11-16,29H2,(H,33,34). The first-order valence-electron chi connectivity index (χ1n) is 12.9. The largest absolute Gasteiger partial charge is 0.478 e. The van der Waals surface area contributed by atoms with Crippen LogP contribution >= 0.6 is 0 Å². The van der Waals surface area contributed by atoms with E-state index >= 15 is 0 Å². The molecule has 3 aromatic rings. The van der Waals surface area contributed by atoms with Crippen LogP contribution in [0.1, 0.15) is 72.0 Å². The van der Waals surface area contributed by atoms with E-state index in [1.807, 2.05) is 6.07 Å². The Bertz CT molecular complexity index is 1240. The summed E-state index contributed by atoms with van der Waals surface area (Å²) >= 11 is 0. The number of carbonyl (C=O) groups is 1. The van der Waals surface area contributed by atoms with Gasteiger partial charge in [-0.05, 0) is 48.4 Å². The molecule has 0 bridgehead atoms. The topological polar surface area (TPSA) is 83.5 Å². The first-order chi connectivity index (χ1) is 16.7. The number of rotatable bonds is 5. The first kappa shape index (κ1) is 21.7. The lowest BCUT2D eigenvalue weighted by Gasteiger charge is -2.36. The van der Waals surface area contributed by atoms with Crippen LogP contribution in [0.2, 0.25) is 0 Å². The minimum absolute atomic E-state index is 0.322. The predicted molar refractivity (Wildman–Crippen MR) is 137 cm³/mol. The number of hydrogen-bond donors (Lipinski definition) is 3. The summed E-state index contributed by atoms with van der Waals surface area (Å²) < 4.78 is 2.43. The van der Waals surface area contributed by atoms with E-state index < -0.39 is 5.97 Å². The molecule has 0 radical (unpaired) electrons. The van der Waals surface area contributed by atoms with Crippen molar-refractivity contribution in [2.24, 2.45) is 5.73 Å². The molecule has 3 heterocycles.